The van der Waals surface area contributed by atoms with Gasteiger partial charge in [-0.3, -0.25) is 4.79 Å². The molecule has 0 atom stereocenters. The predicted octanol–water partition coefficient (Wildman–Crippen LogP) is 4.21. The number of likely N-dealkylation sites (tertiary alicyclic amines) is 1. The maximum Gasteiger partial charge on any atom is 0.410 e. The van der Waals surface area contributed by atoms with Gasteiger partial charge >= 0.3 is 12.1 Å². The Morgan fingerprint density at radius 3 is 2.35 bits per heavy atom. The molecule has 0 spiro atoms. The number of hydrogen-bond acceptors (Lipinski definition) is 3. The maximum atomic E-state index is 12.1. The van der Waals surface area contributed by atoms with Crippen molar-refractivity contribution >= 4 is 35.3 Å². The molecule has 7 heteroatoms. The normalized spacial score (nSPS) is 15.5. The highest BCUT2D eigenvalue weighted by Gasteiger charge is 2.24. The van der Waals surface area contributed by atoms with Crippen LogP contribution in [0.4, 0.5) is 4.79 Å². The molecule has 0 aliphatic carbocycles. The van der Waals surface area contributed by atoms with E-state index in [1.54, 1.807) is 23.1 Å². The molecule has 1 aromatic rings. The van der Waals surface area contributed by atoms with Gasteiger partial charge in [-0.2, -0.15) is 0 Å². The largest absolute Gasteiger partial charge is 0.481 e. The standard InChI is InChI=1S/C16H19Cl2NO4/c17-13-7-12(8-14(18)9-13)10-23-16(22)19-5-3-11(4-6-19)1-2-15(20)21/h7-9,11H,1-6,10H2,(H,20,21). The van der Waals surface area contributed by atoms with E-state index < -0.39 is 5.97 Å². The van der Waals surface area contributed by atoms with Gasteiger partial charge in [0.1, 0.15) is 6.61 Å². The first-order valence-electron chi connectivity index (χ1n) is 7.52. The molecule has 0 unspecified atom stereocenters. The summed E-state index contributed by atoms with van der Waals surface area (Å²) in [4.78, 5) is 24.3. The first kappa shape index (κ1) is 17.9. The van der Waals surface area contributed by atoms with E-state index in [0.717, 1.165) is 18.4 Å². The van der Waals surface area contributed by atoms with Crippen molar-refractivity contribution in [3.8, 4) is 0 Å². The Morgan fingerprint density at radius 1 is 1.17 bits per heavy atom. The number of rotatable bonds is 5. The minimum Gasteiger partial charge on any atom is -0.481 e. The predicted molar refractivity (Wildman–Crippen MR) is 87.8 cm³/mol. The Hall–Kier alpha value is -1.46. The summed E-state index contributed by atoms with van der Waals surface area (Å²) in [7, 11) is 0. The van der Waals surface area contributed by atoms with Gasteiger partial charge in [-0.15, -0.1) is 0 Å². The summed E-state index contributed by atoms with van der Waals surface area (Å²) in [6, 6.07) is 5.04. The molecule has 0 radical (unpaired) electrons. The molecule has 1 aliphatic rings. The number of nitrogens with zero attached hydrogens (tertiary/aromatic N) is 1. The summed E-state index contributed by atoms with van der Waals surface area (Å²) >= 11 is 11.8. The number of carboxylic acids is 1. The molecule has 1 amide bonds. The SMILES string of the molecule is O=C(O)CCC1CCN(C(=O)OCc2cc(Cl)cc(Cl)c2)CC1. The monoisotopic (exact) mass is 359 g/mol. The summed E-state index contributed by atoms with van der Waals surface area (Å²) in [6.45, 7) is 1.32. The average molecular weight is 360 g/mol. The minimum atomic E-state index is -0.771. The number of carbonyl (C=O) groups excluding carboxylic acids is 1. The summed E-state index contributed by atoms with van der Waals surface area (Å²) in [6.07, 6.45) is 2.11. The second-order valence-electron chi connectivity index (χ2n) is 5.70. The van der Waals surface area contributed by atoms with Gasteiger partial charge in [0.2, 0.25) is 0 Å². The lowest BCUT2D eigenvalue weighted by Crippen LogP contribution is -2.38. The van der Waals surface area contributed by atoms with Crippen molar-refractivity contribution in [3.63, 3.8) is 0 Å². The van der Waals surface area contributed by atoms with Crippen LogP contribution < -0.4 is 0 Å². The molecule has 1 N–H and O–H groups in total. The molecule has 1 aliphatic heterocycles. The van der Waals surface area contributed by atoms with Gasteiger partial charge in [-0.1, -0.05) is 23.2 Å². The number of hydrogen-bond donors (Lipinski definition) is 1. The molecule has 5 nitrogen and oxygen atoms in total. The van der Waals surface area contributed by atoms with E-state index in [9.17, 15) is 9.59 Å². The lowest BCUT2D eigenvalue weighted by Gasteiger charge is -2.31. The molecular formula is C16H19Cl2NO4. The third kappa shape index (κ3) is 5.92. The molecule has 2 rings (SSSR count). The summed E-state index contributed by atoms with van der Waals surface area (Å²) in [5.41, 5.74) is 0.743. The van der Waals surface area contributed by atoms with E-state index in [1.165, 1.54) is 0 Å². The van der Waals surface area contributed by atoms with Crippen LogP contribution in [0.5, 0.6) is 0 Å². The van der Waals surface area contributed by atoms with E-state index in [-0.39, 0.29) is 19.1 Å². The average Bonchev–Trinajstić information content (AvgIpc) is 2.50. The molecule has 1 aromatic carbocycles. The summed E-state index contributed by atoms with van der Waals surface area (Å²) < 4.78 is 5.29. The molecule has 23 heavy (non-hydrogen) atoms. The number of halogens is 2. The fraction of sp³-hybridized carbons (Fsp3) is 0.500. The van der Waals surface area contributed by atoms with Gasteiger partial charge in [0, 0.05) is 29.6 Å². The van der Waals surface area contributed by atoms with E-state index in [2.05, 4.69) is 0 Å². The van der Waals surface area contributed by atoms with Crippen molar-refractivity contribution in [3.05, 3.63) is 33.8 Å². The fourth-order valence-electron chi connectivity index (χ4n) is 2.66. The lowest BCUT2D eigenvalue weighted by molar-refractivity contribution is -0.137. The van der Waals surface area contributed by atoms with E-state index in [4.69, 9.17) is 33.0 Å². The maximum absolute atomic E-state index is 12.1. The van der Waals surface area contributed by atoms with Crippen molar-refractivity contribution in [2.75, 3.05) is 13.1 Å². The van der Waals surface area contributed by atoms with Crippen molar-refractivity contribution in [1.82, 2.24) is 4.90 Å². The lowest BCUT2D eigenvalue weighted by atomic mass is 9.92. The zero-order valence-corrected chi connectivity index (χ0v) is 14.1. The molecular weight excluding hydrogens is 341 g/mol. The van der Waals surface area contributed by atoms with Crippen LogP contribution in [0.2, 0.25) is 10.0 Å². The Balaban J connectivity index is 1.75. The number of amides is 1. The fourth-order valence-corrected chi connectivity index (χ4v) is 3.23. The highest BCUT2D eigenvalue weighted by atomic mass is 35.5. The zero-order valence-electron chi connectivity index (χ0n) is 12.6. The van der Waals surface area contributed by atoms with Crippen molar-refractivity contribution in [2.24, 2.45) is 5.92 Å². The topological polar surface area (TPSA) is 66.8 Å². The quantitative estimate of drug-likeness (QED) is 0.854. The van der Waals surface area contributed by atoms with Crippen molar-refractivity contribution in [2.45, 2.75) is 32.3 Å². The van der Waals surface area contributed by atoms with Crippen LogP contribution in [0.1, 0.15) is 31.2 Å². The molecule has 0 aromatic heterocycles. The van der Waals surface area contributed by atoms with E-state index in [0.29, 0.717) is 35.5 Å². The number of aliphatic carboxylic acids is 1. The summed E-state index contributed by atoms with van der Waals surface area (Å²) in [5.74, 6) is -0.408. The Bertz CT molecular complexity index is 551. The summed E-state index contributed by atoms with van der Waals surface area (Å²) in [5, 5.41) is 9.70. The van der Waals surface area contributed by atoms with Crippen LogP contribution in [0.3, 0.4) is 0 Å². The number of ether oxygens (including phenoxy) is 1. The molecule has 0 bridgehead atoms. The van der Waals surface area contributed by atoms with Crippen LogP contribution in [0.25, 0.3) is 0 Å². The Morgan fingerprint density at radius 2 is 1.78 bits per heavy atom. The molecule has 1 fully saturated rings. The van der Waals surface area contributed by atoms with Crippen LogP contribution in [-0.4, -0.2) is 35.2 Å². The number of carboxylic acid groups (broad SMARTS) is 1. The van der Waals surface area contributed by atoms with Crippen LogP contribution >= 0.6 is 23.2 Å². The number of piperidine rings is 1. The van der Waals surface area contributed by atoms with Gasteiger partial charge in [-0.05, 0) is 48.9 Å². The molecule has 0 saturated carbocycles. The Kier molecular flexibility index (Phi) is 6.54. The third-order valence-electron chi connectivity index (χ3n) is 3.92. The first-order valence-corrected chi connectivity index (χ1v) is 8.28. The Labute approximate surface area is 145 Å². The van der Waals surface area contributed by atoms with Gasteiger partial charge in [0.15, 0.2) is 0 Å². The number of benzene rings is 1. The van der Waals surface area contributed by atoms with Crippen molar-refractivity contribution in [1.29, 1.82) is 0 Å². The molecule has 1 heterocycles. The first-order chi connectivity index (χ1) is 10.9. The van der Waals surface area contributed by atoms with Crippen LogP contribution in [0.15, 0.2) is 18.2 Å². The van der Waals surface area contributed by atoms with Gasteiger partial charge in [0.25, 0.3) is 0 Å². The van der Waals surface area contributed by atoms with Crippen LogP contribution in [-0.2, 0) is 16.1 Å². The second kappa shape index (κ2) is 8.41. The minimum absolute atomic E-state index is 0.123. The van der Waals surface area contributed by atoms with Crippen molar-refractivity contribution < 1.29 is 19.4 Å². The third-order valence-corrected chi connectivity index (χ3v) is 4.36. The zero-order chi connectivity index (χ0) is 16.8. The van der Waals surface area contributed by atoms with E-state index in [1.807, 2.05) is 0 Å². The smallest absolute Gasteiger partial charge is 0.410 e. The van der Waals surface area contributed by atoms with E-state index >= 15 is 0 Å². The highest BCUT2D eigenvalue weighted by molar-refractivity contribution is 6.34. The molecule has 1 saturated heterocycles. The highest BCUT2D eigenvalue weighted by Crippen LogP contribution is 2.23. The molecule has 126 valence electrons. The van der Waals surface area contributed by atoms with Gasteiger partial charge < -0.3 is 14.7 Å². The van der Waals surface area contributed by atoms with Crippen LogP contribution in [0, 0.1) is 5.92 Å². The second-order valence-corrected chi connectivity index (χ2v) is 6.57. The number of carbonyl (C=O) groups is 2. The van der Waals surface area contributed by atoms with Gasteiger partial charge in [0.05, 0.1) is 0 Å². The van der Waals surface area contributed by atoms with Gasteiger partial charge in [-0.25, -0.2) is 4.79 Å².